The standard InChI is InChI=1S/C10H9N3O2S2/c1-6-5-15-10(11-6)17-8-7(4-14)13-2-3-16-9(13)12-8/h2-3,5,14H,4H2,1H3. The molecule has 88 valence electrons. The van der Waals surface area contributed by atoms with E-state index in [2.05, 4.69) is 9.97 Å². The molecule has 1 N–H and O–H groups in total. The van der Waals surface area contributed by atoms with Crippen molar-refractivity contribution in [2.24, 2.45) is 0 Å². The van der Waals surface area contributed by atoms with Crippen LogP contribution in [0.1, 0.15) is 11.4 Å². The van der Waals surface area contributed by atoms with Gasteiger partial charge >= 0.3 is 0 Å². The highest BCUT2D eigenvalue weighted by Crippen LogP contribution is 2.31. The summed E-state index contributed by atoms with van der Waals surface area (Å²) in [7, 11) is 0. The van der Waals surface area contributed by atoms with E-state index in [1.807, 2.05) is 22.9 Å². The molecular weight excluding hydrogens is 258 g/mol. The average Bonchev–Trinajstić information content (AvgIpc) is 2.95. The summed E-state index contributed by atoms with van der Waals surface area (Å²) in [6, 6.07) is 0. The molecule has 0 aliphatic carbocycles. The quantitative estimate of drug-likeness (QED) is 0.789. The maximum atomic E-state index is 9.39. The minimum Gasteiger partial charge on any atom is -0.439 e. The van der Waals surface area contributed by atoms with Crippen LogP contribution in [0, 0.1) is 6.92 Å². The number of fused-ring (bicyclic) bond motifs is 1. The number of aryl methyl sites for hydroxylation is 1. The Kier molecular flexibility index (Phi) is 2.65. The molecule has 3 aromatic rings. The molecule has 0 radical (unpaired) electrons. The average molecular weight is 267 g/mol. The molecule has 0 aromatic carbocycles. The highest BCUT2D eigenvalue weighted by molar-refractivity contribution is 7.99. The molecule has 0 saturated heterocycles. The molecule has 7 heteroatoms. The number of hydrogen-bond acceptors (Lipinski definition) is 6. The zero-order valence-corrected chi connectivity index (χ0v) is 10.6. The molecule has 3 heterocycles. The predicted octanol–water partition coefficient (Wildman–Crippen LogP) is 2.34. The topological polar surface area (TPSA) is 63.6 Å². The number of aliphatic hydroxyl groups is 1. The number of nitrogens with zero attached hydrogens (tertiary/aromatic N) is 3. The summed E-state index contributed by atoms with van der Waals surface area (Å²) in [5.41, 5.74) is 1.60. The highest BCUT2D eigenvalue weighted by Gasteiger charge is 2.15. The fourth-order valence-corrected chi connectivity index (χ4v) is 3.16. The van der Waals surface area contributed by atoms with Crippen LogP contribution in [-0.2, 0) is 6.61 Å². The summed E-state index contributed by atoms with van der Waals surface area (Å²) in [6.45, 7) is 1.81. The molecule has 0 aliphatic rings. The van der Waals surface area contributed by atoms with E-state index in [0.717, 1.165) is 21.4 Å². The Labute approximate surface area is 105 Å². The third-order valence-corrected chi connectivity index (χ3v) is 3.90. The lowest BCUT2D eigenvalue weighted by molar-refractivity contribution is 0.272. The van der Waals surface area contributed by atoms with Crippen LogP contribution in [0.3, 0.4) is 0 Å². The zero-order valence-electron chi connectivity index (χ0n) is 8.95. The van der Waals surface area contributed by atoms with Gasteiger partial charge in [-0.05, 0) is 18.7 Å². The first-order valence-electron chi connectivity index (χ1n) is 4.93. The summed E-state index contributed by atoms with van der Waals surface area (Å²) in [5, 5.41) is 12.6. The summed E-state index contributed by atoms with van der Waals surface area (Å²) in [6.07, 6.45) is 3.49. The molecule has 3 rings (SSSR count). The van der Waals surface area contributed by atoms with Crippen LogP contribution in [0.5, 0.6) is 0 Å². The molecular formula is C10H9N3O2S2. The van der Waals surface area contributed by atoms with Crippen molar-refractivity contribution in [2.75, 3.05) is 0 Å². The summed E-state index contributed by atoms with van der Waals surface area (Å²) in [4.78, 5) is 9.50. The van der Waals surface area contributed by atoms with E-state index < -0.39 is 0 Å². The molecule has 0 saturated carbocycles. The van der Waals surface area contributed by atoms with Crippen LogP contribution in [0.25, 0.3) is 4.96 Å². The number of aliphatic hydroxyl groups excluding tert-OH is 1. The number of hydrogen-bond donors (Lipinski definition) is 1. The van der Waals surface area contributed by atoms with Crippen molar-refractivity contribution in [1.29, 1.82) is 0 Å². The summed E-state index contributed by atoms with van der Waals surface area (Å²) < 4.78 is 7.14. The van der Waals surface area contributed by atoms with Crippen molar-refractivity contribution in [3.05, 3.63) is 29.2 Å². The lowest BCUT2D eigenvalue weighted by Gasteiger charge is -1.96. The molecule has 5 nitrogen and oxygen atoms in total. The fourth-order valence-electron chi connectivity index (χ4n) is 1.50. The van der Waals surface area contributed by atoms with Crippen LogP contribution in [0.15, 0.2) is 32.5 Å². The number of rotatable bonds is 3. The van der Waals surface area contributed by atoms with Crippen molar-refractivity contribution in [3.63, 3.8) is 0 Å². The van der Waals surface area contributed by atoms with E-state index in [9.17, 15) is 5.11 Å². The predicted molar refractivity (Wildman–Crippen MR) is 64.4 cm³/mol. The molecule has 0 unspecified atom stereocenters. The smallest absolute Gasteiger partial charge is 0.262 e. The van der Waals surface area contributed by atoms with Gasteiger partial charge in [-0.15, -0.1) is 11.3 Å². The van der Waals surface area contributed by atoms with E-state index in [1.165, 1.54) is 23.1 Å². The first kappa shape index (κ1) is 10.8. The van der Waals surface area contributed by atoms with Gasteiger partial charge in [0.25, 0.3) is 5.22 Å². The Morgan fingerprint density at radius 3 is 3.12 bits per heavy atom. The van der Waals surface area contributed by atoms with Crippen LogP contribution >= 0.6 is 23.1 Å². The SMILES string of the molecule is Cc1coc(Sc2nc3sccn3c2CO)n1. The normalized spacial score (nSPS) is 11.4. The fraction of sp³-hybridized carbons (Fsp3) is 0.200. The van der Waals surface area contributed by atoms with Gasteiger partial charge in [0.15, 0.2) is 4.96 Å². The zero-order chi connectivity index (χ0) is 11.8. The third kappa shape index (κ3) is 1.86. The van der Waals surface area contributed by atoms with E-state index in [-0.39, 0.29) is 6.61 Å². The van der Waals surface area contributed by atoms with Crippen LogP contribution in [-0.4, -0.2) is 19.5 Å². The van der Waals surface area contributed by atoms with Crippen molar-refractivity contribution >= 4 is 28.1 Å². The van der Waals surface area contributed by atoms with E-state index in [0.29, 0.717) is 5.22 Å². The molecule has 0 bridgehead atoms. The maximum absolute atomic E-state index is 9.39. The minimum absolute atomic E-state index is 0.0556. The van der Waals surface area contributed by atoms with Gasteiger partial charge in [0.05, 0.1) is 18.0 Å². The largest absolute Gasteiger partial charge is 0.439 e. The van der Waals surface area contributed by atoms with Gasteiger partial charge in [0, 0.05) is 11.6 Å². The van der Waals surface area contributed by atoms with Gasteiger partial charge in [-0.25, -0.2) is 9.97 Å². The second-order valence-electron chi connectivity index (χ2n) is 3.43. The maximum Gasteiger partial charge on any atom is 0.262 e. The molecule has 17 heavy (non-hydrogen) atoms. The first-order chi connectivity index (χ1) is 8.28. The second-order valence-corrected chi connectivity index (χ2v) is 5.25. The second kappa shape index (κ2) is 4.17. The Balaban J connectivity index is 2.01. The number of imidazole rings is 1. The van der Waals surface area contributed by atoms with E-state index >= 15 is 0 Å². The van der Waals surface area contributed by atoms with E-state index in [4.69, 9.17) is 4.42 Å². The van der Waals surface area contributed by atoms with Gasteiger partial charge in [0.1, 0.15) is 11.3 Å². The Hall–Kier alpha value is -1.31. The van der Waals surface area contributed by atoms with Crippen LogP contribution in [0.4, 0.5) is 0 Å². The lowest BCUT2D eigenvalue weighted by Crippen LogP contribution is -1.90. The minimum atomic E-state index is -0.0556. The van der Waals surface area contributed by atoms with Crippen LogP contribution in [0.2, 0.25) is 0 Å². The van der Waals surface area contributed by atoms with Crippen molar-refractivity contribution in [1.82, 2.24) is 14.4 Å². The molecule has 0 aliphatic heterocycles. The van der Waals surface area contributed by atoms with Gasteiger partial charge in [-0.1, -0.05) is 0 Å². The molecule has 0 atom stereocenters. The Bertz CT molecular complexity index is 655. The third-order valence-electron chi connectivity index (χ3n) is 2.26. The number of oxazole rings is 1. The monoisotopic (exact) mass is 267 g/mol. The summed E-state index contributed by atoms with van der Waals surface area (Å²) >= 11 is 2.86. The van der Waals surface area contributed by atoms with Crippen molar-refractivity contribution in [3.8, 4) is 0 Å². The molecule has 0 amide bonds. The molecule has 0 spiro atoms. The van der Waals surface area contributed by atoms with Gasteiger partial charge in [0.2, 0.25) is 0 Å². The van der Waals surface area contributed by atoms with Gasteiger partial charge in [-0.3, -0.25) is 4.40 Å². The summed E-state index contributed by atoms with van der Waals surface area (Å²) in [5.74, 6) is 0. The number of thiazole rings is 1. The van der Waals surface area contributed by atoms with Gasteiger partial charge < -0.3 is 9.52 Å². The van der Waals surface area contributed by atoms with Crippen molar-refractivity contribution in [2.45, 2.75) is 23.8 Å². The number of aromatic nitrogens is 3. The van der Waals surface area contributed by atoms with E-state index in [1.54, 1.807) is 6.26 Å². The van der Waals surface area contributed by atoms with Gasteiger partial charge in [-0.2, -0.15) is 0 Å². The van der Waals surface area contributed by atoms with Crippen molar-refractivity contribution < 1.29 is 9.52 Å². The molecule has 0 fully saturated rings. The Morgan fingerprint density at radius 2 is 2.41 bits per heavy atom. The lowest BCUT2D eigenvalue weighted by atomic mass is 10.5. The first-order valence-corrected chi connectivity index (χ1v) is 6.63. The Morgan fingerprint density at radius 1 is 1.53 bits per heavy atom. The molecule has 3 aromatic heterocycles. The highest BCUT2D eigenvalue weighted by atomic mass is 32.2. The van der Waals surface area contributed by atoms with Crippen LogP contribution < -0.4 is 0 Å².